The van der Waals surface area contributed by atoms with Crippen LogP contribution in [0.15, 0.2) is 203 Å². The molecular weight excluding hydrogens is 1720 g/mol. The van der Waals surface area contributed by atoms with E-state index < -0.39 is 101 Å². The lowest BCUT2D eigenvalue weighted by atomic mass is 9.72. The molecule has 5 aromatic carbocycles. The topological polar surface area (TPSA) is 459 Å². The number of carbonyl (C=O) groups is 9. The monoisotopic (exact) mass is 1830 g/mol. The number of methoxy groups -OCH3 is 1. The lowest BCUT2D eigenvalue weighted by Gasteiger charge is -2.33. The van der Waals surface area contributed by atoms with E-state index in [9.17, 15) is 75.5 Å². The molecule has 0 saturated carbocycles. The van der Waals surface area contributed by atoms with Crippen molar-refractivity contribution >= 4 is 119 Å². The Balaban J connectivity index is 0.000000252. The van der Waals surface area contributed by atoms with E-state index in [4.69, 9.17) is 83.1 Å². The summed E-state index contributed by atoms with van der Waals surface area (Å²) in [6.45, 7) is 27.1. The first-order valence-electron chi connectivity index (χ1n) is 41.7. The Kier molecular flexibility index (Phi) is 40.0. The average Bonchev–Trinajstić information content (AvgIpc) is 0.848. The van der Waals surface area contributed by atoms with E-state index in [0.29, 0.717) is 99.0 Å². The van der Waals surface area contributed by atoms with Crippen LogP contribution < -0.4 is 47.1 Å². The third-order valence-electron chi connectivity index (χ3n) is 20.7. The molecule has 4 atom stereocenters. The summed E-state index contributed by atoms with van der Waals surface area (Å²) in [5.41, 5.74) is -3.59. The fourth-order valence-electron chi connectivity index (χ4n) is 11.7. The van der Waals surface area contributed by atoms with E-state index in [1.165, 1.54) is 61.7 Å². The van der Waals surface area contributed by atoms with E-state index in [1.54, 1.807) is 159 Å². The number of hydrogen-bond acceptors (Lipinski definition) is 34. The van der Waals surface area contributed by atoms with Crippen LogP contribution in [0.2, 0.25) is 0 Å². The number of esters is 8. The van der Waals surface area contributed by atoms with Crippen molar-refractivity contribution in [1.82, 2.24) is 0 Å². The Morgan fingerprint density at radius 3 is 0.962 bits per heavy atom. The molecule has 10 aromatic rings. The summed E-state index contributed by atoms with van der Waals surface area (Å²) in [5.74, 6) is -1.79. The van der Waals surface area contributed by atoms with Gasteiger partial charge in [-0.2, -0.15) is 8.42 Å². The van der Waals surface area contributed by atoms with Crippen LogP contribution in [-0.4, -0.2) is 147 Å². The Morgan fingerprint density at radius 2 is 0.646 bits per heavy atom. The van der Waals surface area contributed by atoms with Gasteiger partial charge in [0.1, 0.15) is 102 Å². The maximum atomic E-state index is 12.5. The van der Waals surface area contributed by atoms with Crippen molar-refractivity contribution in [1.29, 1.82) is 0 Å². The highest BCUT2D eigenvalue weighted by molar-refractivity contribution is 7.86. The third-order valence-corrected chi connectivity index (χ3v) is 22.0. The van der Waals surface area contributed by atoms with Gasteiger partial charge >= 0.3 is 75.9 Å². The zero-order valence-corrected chi connectivity index (χ0v) is 76.7. The van der Waals surface area contributed by atoms with Crippen molar-refractivity contribution in [3.05, 3.63) is 204 Å². The summed E-state index contributed by atoms with van der Waals surface area (Å²) < 4.78 is 117. The summed E-state index contributed by atoms with van der Waals surface area (Å²) in [6, 6.07) is 37.9. The first-order valence-corrected chi connectivity index (χ1v) is 43.1. The fourth-order valence-corrected chi connectivity index (χ4v) is 12.6. The highest BCUT2D eigenvalue weighted by atomic mass is 32.2. The van der Waals surface area contributed by atoms with Gasteiger partial charge in [0.2, 0.25) is 0 Å². The number of benzene rings is 5. The minimum absolute atomic E-state index is 0.00299. The smallest absolute Gasteiger partial charge is 0.344 e. The number of Topliss-reactive ketones (excluding diaryl/α,β-unsaturated/α-hetero) is 1. The Hall–Kier alpha value is -13.3. The molecule has 10 rings (SSSR count). The van der Waals surface area contributed by atoms with Gasteiger partial charge in [-0.25, -0.2) is 43.2 Å². The van der Waals surface area contributed by atoms with E-state index in [2.05, 4.69) is 0 Å². The molecule has 5 heterocycles. The van der Waals surface area contributed by atoms with Crippen LogP contribution in [0, 0.1) is 27.1 Å². The van der Waals surface area contributed by atoms with E-state index in [0.717, 1.165) is 11.8 Å². The summed E-state index contributed by atoms with van der Waals surface area (Å²) in [7, 11) is -2.69. The maximum Gasteiger partial charge on any atom is 0.344 e. The lowest BCUT2D eigenvalue weighted by Crippen LogP contribution is -2.38. The van der Waals surface area contributed by atoms with Crippen molar-refractivity contribution < 1.29 is 135 Å². The molecule has 0 bridgehead atoms. The zero-order valence-electron chi connectivity index (χ0n) is 75.9. The van der Waals surface area contributed by atoms with Gasteiger partial charge in [0.05, 0.1) is 39.8 Å². The van der Waals surface area contributed by atoms with Crippen molar-refractivity contribution in [2.45, 2.75) is 173 Å². The fraction of sp³-hybridized carbons (Fsp3) is 0.432. The highest BCUT2D eigenvalue weighted by Gasteiger charge is 2.43. The summed E-state index contributed by atoms with van der Waals surface area (Å²) in [6.07, 6.45) is 3.47. The molecule has 5 aromatic heterocycles. The number of fused-ring (bicyclic) bond motifs is 5. The zero-order chi connectivity index (χ0) is 96.3. The van der Waals surface area contributed by atoms with Crippen molar-refractivity contribution in [2.75, 3.05) is 73.2 Å². The van der Waals surface area contributed by atoms with Crippen LogP contribution in [0.3, 0.4) is 0 Å². The van der Waals surface area contributed by atoms with Crippen LogP contribution >= 0.6 is 0 Å². The molecular formula is C95H112O34S. The minimum Gasteiger partial charge on any atom is -0.482 e. The molecule has 0 amide bonds. The summed E-state index contributed by atoms with van der Waals surface area (Å²) >= 11 is 0. The van der Waals surface area contributed by atoms with Crippen molar-refractivity contribution in [3.63, 3.8) is 0 Å². The van der Waals surface area contributed by atoms with Gasteiger partial charge in [-0.1, -0.05) is 41.5 Å². The van der Waals surface area contributed by atoms with Crippen molar-refractivity contribution in [2.24, 2.45) is 27.1 Å². The molecule has 0 fully saturated rings. The second-order valence-corrected chi connectivity index (χ2v) is 33.8. The first kappa shape index (κ1) is 105. The minimum atomic E-state index is -4.01. The molecule has 4 unspecified atom stereocenters. The van der Waals surface area contributed by atoms with E-state index in [1.807, 2.05) is 48.5 Å². The SMILES string of the molecule is CCC(C)(C)C(=O)OCCOC(=O)COc1ccc2oc(=O)ccc2c1.CCC(C)(C)C(=O)OCCOS(=O)(=O)c1ccc2oc(=O)ccc2c1.CCC(C)(CC(C)(C)C(=O)OCCOC(=O)COc1ccc2oc(=O)ccc2c1)C(=O)OC.CCC(C)(CC(C)OC(=O)COc1ccc2oc(=O)ccc2c1)C(C)=O.CCC(C)OC(=O)COc1ccc2oc(=O)ccc2c1. The average molecular weight is 1830 g/mol. The molecule has 0 aliphatic carbocycles. The number of rotatable bonds is 39. The molecule has 0 N–H and O–H groups in total. The van der Waals surface area contributed by atoms with Crippen LogP contribution in [0.5, 0.6) is 23.0 Å². The van der Waals surface area contributed by atoms with Gasteiger partial charge in [0.15, 0.2) is 26.4 Å². The molecule has 35 heteroatoms. The van der Waals surface area contributed by atoms with Gasteiger partial charge in [0, 0.05) is 62.7 Å². The van der Waals surface area contributed by atoms with Gasteiger partial charge in [0.25, 0.3) is 10.1 Å². The quantitative estimate of drug-likeness (QED) is 0.0113. The molecule has 34 nitrogen and oxygen atoms in total. The summed E-state index contributed by atoms with van der Waals surface area (Å²) in [5, 5.41) is 3.23. The van der Waals surface area contributed by atoms with Crippen LogP contribution in [0.4, 0.5) is 0 Å². The first-order chi connectivity index (χ1) is 61.3. The number of carbonyl (C=O) groups excluding carboxylic acids is 9. The molecule has 0 spiro atoms. The Bertz CT molecular complexity index is 6010. The van der Waals surface area contributed by atoms with Crippen LogP contribution in [0.1, 0.15) is 156 Å². The largest absolute Gasteiger partial charge is 0.482 e. The van der Waals surface area contributed by atoms with E-state index >= 15 is 0 Å². The number of ether oxygens (including phenoxy) is 12. The normalized spacial score (nSPS) is 12.7. The molecule has 0 radical (unpaired) electrons. The molecule has 702 valence electrons. The van der Waals surface area contributed by atoms with Gasteiger partial charge in [-0.05, 0) is 236 Å². The second kappa shape index (κ2) is 49.3. The lowest BCUT2D eigenvalue weighted by molar-refractivity contribution is -0.164. The molecule has 0 aliphatic rings. The predicted octanol–water partition coefficient (Wildman–Crippen LogP) is 14.4. The van der Waals surface area contributed by atoms with Gasteiger partial charge in [-0.3, -0.25) is 28.2 Å². The van der Waals surface area contributed by atoms with Crippen molar-refractivity contribution in [3.8, 4) is 23.0 Å². The Labute approximate surface area is 749 Å². The molecule has 0 aliphatic heterocycles. The summed E-state index contributed by atoms with van der Waals surface area (Å²) in [4.78, 5) is 163. The Morgan fingerprint density at radius 1 is 0.346 bits per heavy atom. The van der Waals surface area contributed by atoms with Crippen LogP contribution in [-0.2, 0) is 95.3 Å². The standard InChI is InChI=1S/C24H30O9.C20H24O6.C19H22O7.C17H20O7S.C15H16O5/c1-6-24(4,22(28)29-5)15-23(2,3)21(27)31-12-11-30-20(26)14-32-17-8-9-18-16(13-17)7-10-19(25)33-18;1-5-20(4,14(3)21)11-13(2)25-19(23)12-24-16-7-8-17-15(10-16)6-9-18(22)26-17;1-4-19(2,3)18(22)24-10-9-23-17(21)12-25-14-6-7-15-13(11-14)5-8-16(20)26-15;1-4-17(2,3)16(19)22-9-10-23-25(20,21)13-6-7-14-12(11-13)5-8-15(18)24-14;1-3-10(2)19-15(17)9-18-12-5-6-13-11(8-12)4-7-14(16)20-13/h7-10,13H,6,11-12,14-15H2,1-5H3;6-10,13H,5,11-12H2,1-4H3;5-8,11H,4,9-10,12H2,1-3H3;5-8,11H,4,9-10H2,1-3H3;4-8,10H,3,9H2,1-2H3. The maximum absolute atomic E-state index is 12.5. The molecule has 130 heavy (non-hydrogen) atoms. The molecule has 0 saturated heterocycles. The van der Waals surface area contributed by atoms with Crippen LogP contribution in [0.25, 0.3) is 54.8 Å². The second-order valence-electron chi connectivity index (χ2n) is 32.2. The van der Waals surface area contributed by atoms with E-state index in [-0.39, 0.29) is 113 Å². The third kappa shape index (κ3) is 33.7. The highest BCUT2D eigenvalue weighted by Crippen LogP contribution is 2.39. The number of hydrogen-bond donors (Lipinski definition) is 0. The van der Waals surface area contributed by atoms with Gasteiger partial charge in [-0.15, -0.1) is 0 Å². The number of ketones is 1. The van der Waals surface area contributed by atoms with Gasteiger partial charge < -0.3 is 78.9 Å². The predicted molar refractivity (Wildman–Crippen MR) is 474 cm³/mol.